The predicted molar refractivity (Wildman–Crippen MR) is 144 cm³/mol. The molecule has 0 amide bonds. The molecular weight excluding hydrogens is 470 g/mol. The normalized spacial score (nSPS) is 20.9. The lowest BCUT2D eigenvalue weighted by atomic mass is 10.2. The van der Waals surface area contributed by atoms with Crippen LogP contribution in [0.5, 0.6) is 11.5 Å². The number of rotatable bonds is 8. The van der Waals surface area contributed by atoms with Crippen molar-refractivity contribution in [3.05, 3.63) is 72.8 Å². The molecule has 6 heteroatoms. The fraction of sp³-hybridized carbons (Fsp3) is 0.400. The highest BCUT2D eigenvalue weighted by molar-refractivity contribution is 7.97. The molecule has 0 N–H and O–H groups in total. The first-order valence-electron chi connectivity index (χ1n) is 12.9. The van der Waals surface area contributed by atoms with Crippen LogP contribution in [-0.4, -0.2) is 39.9 Å². The Balaban J connectivity index is 1.48. The van der Waals surface area contributed by atoms with Gasteiger partial charge in [-0.15, -0.1) is 0 Å². The van der Waals surface area contributed by atoms with Gasteiger partial charge in [-0.2, -0.15) is 0 Å². The minimum Gasteiger partial charge on any atom is -0.465 e. The summed E-state index contributed by atoms with van der Waals surface area (Å²) in [7, 11) is 3.81. The molecule has 2 saturated heterocycles. The van der Waals surface area contributed by atoms with Gasteiger partial charge in [-0.05, 0) is 62.1 Å². The summed E-state index contributed by atoms with van der Waals surface area (Å²) < 4.78 is 24.1. The Morgan fingerprint density at radius 2 is 1.17 bits per heavy atom. The van der Waals surface area contributed by atoms with Gasteiger partial charge in [0.05, 0.1) is 24.1 Å². The van der Waals surface area contributed by atoms with Gasteiger partial charge in [-0.1, -0.05) is 18.2 Å². The molecule has 3 aromatic carbocycles. The molecule has 2 aliphatic heterocycles. The molecule has 2 fully saturated rings. The van der Waals surface area contributed by atoms with Crippen LogP contribution in [0.1, 0.15) is 38.5 Å². The van der Waals surface area contributed by atoms with Crippen molar-refractivity contribution < 1.29 is 18.9 Å². The summed E-state index contributed by atoms with van der Waals surface area (Å²) >= 11 is 0. The Kier molecular flexibility index (Phi) is 8.36. The van der Waals surface area contributed by atoms with Crippen molar-refractivity contribution in [3.8, 4) is 11.5 Å². The Bertz CT molecular complexity index is 1060. The first-order valence-corrected chi connectivity index (χ1v) is 14.2. The second kappa shape index (κ2) is 12.0. The van der Waals surface area contributed by atoms with Gasteiger partial charge < -0.3 is 23.8 Å². The molecule has 0 aliphatic carbocycles. The number of ether oxygens (including phenoxy) is 4. The molecule has 2 heterocycles. The highest BCUT2D eigenvalue weighted by Gasteiger charge is 2.31. The molecule has 0 aromatic heterocycles. The van der Waals surface area contributed by atoms with Gasteiger partial charge in [-0.25, -0.2) is 0 Å². The van der Waals surface area contributed by atoms with Crippen LogP contribution in [0, 0.1) is 0 Å². The van der Waals surface area contributed by atoms with Crippen LogP contribution in [0.4, 0.5) is 5.69 Å². The number of hydrogen-bond acceptors (Lipinski definition) is 5. The van der Waals surface area contributed by atoms with Crippen LogP contribution < -0.4 is 14.4 Å². The van der Waals surface area contributed by atoms with Gasteiger partial charge in [0.2, 0.25) is 0 Å². The highest BCUT2D eigenvalue weighted by atomic mass is 32.2. The third-order valence-electron chi connectivity index (χ3n) is 6.46. The molecular formula is C30H36NO4S+. The van der Waals surface area contributed by atoms with E-state index in [0.717, 1.165) is 63.2 Å². The third-order valence-corrected chi connectivity index (χ3v) is 8.64. The first-order chi connectivity index (χ1) is 17.7. The van der Waals surface area contributed by atoms with E-state index in [0.29, 0.717) is 0 Å². The predicted octanol–water partition coefficient (Wildman–Crippen LogP) is 6.66. The van der Waals surface area contributed by atoms with Crippen LogP contribution in [0.3, 0.4) is 0 Å². The van der Waals surface area contributed by atoms with Gasteiger partial charge in [-0.3, -0.25) is 0 Å². The summed E-state index contributed by atoms with van der Waals surface area (Å²) in [4.78, 5) is 5.79. The third kappa shape index (κ3) is 6.36. The Labute approximate surface area is 217 Å². The van der Waals surface area contributed by atoms with Crippen molar-refractivity contribution in [3.63, 3.8) is 0 Å². The summed E-state index contributed by atoms with van der Waals surface area (Å²) in [6.45, 7) is 1.53. The zero-order valence-electron chi connectivity index (χ0n) is 21.2. The smallest absolute Gasteiger partial charge is 0.199 e. The summed E-state index contributed by atoms with van der Waals surface area (Å²) in [5.74, 6) is 1.70. The number of nitrogens with zero attached hydrogens (tertiary/aromatic N) is 1. The van der Waals surface area contributed by atoms with Crippen LogP contribution in [0.15, 0.2) is 87.5 Å². The minimum atomic E-state index is -0.343. The lowest BCUT2D eigenvalue weighted by Gasteiger charge is -2.24. The van der Waals surface area contributed by atoms with Crippen molar-refractivity contribution in [1.82, 2.24) is 0 Å². The molecule has 0 spiro atoms. The summed E-state index contributed by atoms with van der Waals surface area (Å²) in [6.07, 6.45) is 6.03. The van der Waals surface area contributed by atoms with E-state index in [4.69, 9.17) is 18.9 Å². The van der Waals surface area contributed by atoms with Crippen LogP contribution >= 0.6 is 0 Å². The van der Waals surface area contributed by atoms with Gasteiger partial charge in [0, 0.05) is 50.8 Å². The number of benzene rings is 3. The van der Waals surface area contributed by atoms with Gasteiger partial charge >= 0.3 is 0 Å². The van der Waals surface area contributed by atoms with Crippen LogP contribution in [0.2, 0.25) is 0 Å². The monoisotopic (exact) mass is 506 g/mol. The Hall–Kier alpha value is -2.67. The van der Waals surface area contributed by atoms with Crippen LogP contribution in [0.25, 0.3) is 0 Å². The zero-order valence-corrected chi connectivity index (χ0v) is 22.0. The first kappa shape index (κ1) is 25.0. The Morgan fingerprint density at radius 3 is 1.64 bits per heavy atom. The van der Waals surface area contributed by atoms with Crippen molar-refractivity contribution >= 4 is 16.6 Å². The topological polar surface area (TPSA) is 40.2 Å². The Morgan fingerprint density at radius 1 is 0.667 bits per heavy atom. The molecule has 0 saturated carbocycles. The summed E-state index contributed by atoms with van der Waals surface area (Å²) in [5, 5.41) is 0. The highest BCUT2D eigenvalue weighted by Crippen LogP contribution is 2.36. The molecule has 36 heavy (non-hydrogen) atoms. The molecule has 0 bridgehead atoms. The van der Waals surface area contributed by atoms with Crippen LogP contribution in [-0.2, 0) is 20.4 Å². The van der Waals surface area contributed by atoms with Crippen molar-refractivity contribution in [1.29, 1.82) is 0 Å². The molecule has 2 aliphatic rings. The maximum absolute atomic E-state index is 6.24. The fourth-order valence-corrected chi connectivity index (χ4v) is 6.72. The van der Waals surface area contributed by atoms with Crippen molar-refractivity contribution in [2.75, 3.05) is 32.2 Å². The largest absolute Gasteiger partial charge is 0.465 e. The van der Waals surface area contributed by atoms with E-state index < -0.39 is 0 Å². The van der Waals surface area contributed by atoms with E-state index in [9.17, 15) is 0 Å². The number of anilines is 1. The number of hydrogen-bond donors (Lipinski definition) is 0. The van der Waals surface area contributed by atoms with Gasteiger partial charge in [0.25, 0.3) is 0 Å². The second-order valence-electron chi connectivity index (χ2n) is 9.48. The van der Waals surface area contributed by atoms with Gasteiger partial charge in [0.1, 0.15) is 11.5 Å². The van der Waals surface area contributed by atoms with E-state index in [-0.39, 0.29) is 23.5 Å². The maximum atomic E-state index is 6.24. The lowest BCUT2D eigenvalue weighted by molar-refractivity contribution is -0.106. The van der Waals surface area contributed by atoms with E-state index >= 15 is 0 Å². The quantitative estimate of drug-likeness (QED) is 0.320. The average Bonchev–Trinajstić information content (AvgIpc) is 2.91. The minimum absolute atomic E-state index is 0.167. The molecule has 0 radical (unpaired) electrons. The van der Waals surface area contributed by atoms with E-state index in [1.54, 1.807) is 0 Å². The lowest BCUT2D eigenvalue weighted by Crippen LogP contribution is -2.25. The van der Waals surface area contributed by atoms with Crippen molar-refractivity contribution in [2.24, 2.45) is 0 Å². The van der Waals surface area contributed by atoms with E-state index in [1.165, 1.54) is 20.4 Å². The SMILES string of the molecule is CN(C)c1cccc([S+](c2cccc(OC3CCCCO3)c2)c2cccc(OC3CCCCO3)c2)c1. The summed E-state index contributed by atoms with van der Waals surface area (Å²) in [5.41, 5.74) is 1.18. The maximum Gasteiger partial charge on any atom is 0.199 e. The average molecular weight is 507 g/mol. The molecule has 190 valence electrons. The molecule has 5 rings (SSSR count). The molecule has 2 unspecified atom stereocenters. The van der Waals surface area contributed by atoms with Gasteiger partial charge in [0.15, 0.2) is 27.3 Å². The standard InChI is InChI=1S/C30H36NO4S/c1-31(2)23-10-7-13-26(20-23)36(27-14-8-11-24(21-27)34-29-16-3-5-18-32-29)28-15-9-12-25(22-28)35-30-17-4-6-19-33-30/h7-15,20-22,29-30H,3-6,16-19H2,1-2H3/q+1. The van der Waals surface area contributed by atoms with E-state index in [1.807, 2.05) is 12.1 Å². The van der Waals surface area contributed by atoms with Crippen molar-refractivity contribution in [2.45, 2.75) is 65.8 Å². The fourth-order valence-electron chi connectivity index (χ4n) is 4.56. The second-order valence-corrected chi connectivity index (χ2v) is 11.5. The summed E-state index contributed by atoms with van der Waals surface area (Å²) in [6, 6.07) is 25.7. The molecule has 3 aromatic rings. The molecule has 2 atom stereocenters. The molecule has 5 nitrogen and oxygen atoms in total. The zero-order chi connectivity index (χ0) is 24.7. The van der Waals surface area contributed by atoms with E-state index in [2.05, 4.69) is 79.7 Å².